The molecule has 1 N–H and O–H groups in total. The molecule has 1 saturated heterocycles. The van der Waals surface area contributed by atoms with Gasteiger partial charge in [0.05, 0.1) is 12.3 Å². The van der Waals surface area contributed by atoms with Crippen molar-refractivity contribution < 1.29 is 9.53 Å². The van der Waals surface area contributed by atoms with Crippen LogP contribution in [0.2, 0.25) is 0 Å². The fraction of sp³-hybridized carbons (Fsp3) is 0.600. The van der Waals surface area contributed by atoms with Crippen LogP contribution in [0, 0.1) is 5.92 Å². The summed E-state index contributed by atoms with van der Waals surface area (Å²) in [6, 6.07) is 10.5. The summed E-state index contributed by atoms with van der Waals surface area (Å²) in [5.74, 6) is 2.44. The second-order valence-corrected chi connectivity index (χ2v) is 9.25. The first-order chi connectivity index (χ1) is 14.6. The normalized spacial score (nSPS) is 20.1. The largest absolute Gasteiger partial charge is 0.493 e. The van der Waals surface area contributed by atoms with Gasteiger partial charge in [0.15, 0.2) is 0 Å². The molecule has 5 heteroatoms. The Morgan fingerprint density at radius 2 is 1.93 bits per heavy atom. The molecule has 1 aromatic heterocycles. The van der Waals surface area contributed by atoms with Gasteiger partial charge in [0, 0.05) is 37.0 Å². The van der Waals surface area contributed by atoms with Crippen molar-refractivity contribution >= 4 is 5.91 Å². The molecule has 0 spiro atoms. The van der Waals surface area contributed by atoms with E-state index >= 15 is 0 Å². The maximum Gasteiger partial charge on any atom is 0.225 e. The van der Waals surface area contributed by atoms with Gasteiger partial charge in [0.2, 0.25) is 5.91 Å². The second-order valence-electron chi connectivity index (χ2n) is 9.25. The van der Waals surface area contributed by atoms with Gasteiger partial charge in [-0.25, -0.2) is 0 Å². The number of rotatable bonds is 7. The summed E-state index contributed by atoms with van der Waals surface area (Å²) >= 11 is 0. The number of likely N-dealkylation sites (tertiary alicyclic amines) is 1. The Bertz CT molecular complexity index is 821. The highest BCUT2D eigenvalue weighted by atomic mass is 16.5. The van der Waals surface area contributed by atoms with E-state index in [1.807, 2.05) is 12.1 Å². The van der Waals surface area contributed by atoms with E-state index in [0.717, 1.165) is 55.9 Å². The average Bonchev–Trinajstić information content (AvgIpc) is 3.44. The zero-order chi connectivity index (χ0) is 20.9. The van der Waals surface area contributed by atoms with Crippen molar-refractivity contribution in [2.45, 2.75) is 70.6 Å². The number of hydrogen-bond donors (Lipinski definition) is 1. The molecule has 5 nitrogen and oxygen atoms in total. The third-order valence-electron chi connectivity index (χ3n) is 6.71. The quantitative estimate of drug-likeness (QED) is 0.696. The maximum absolute atomic E-state index is 12.8. The number of aromatic nitrogens is 2. The highest BCUT2D eigenvalue weighted by Crippen LogP contribution is 2.31. The minimum Gasteiger partial charge on any atom is -0.493 e. The molecule has 1 aliphatic heterocycles. The van der Waals surface area contributed by atoms with E-state index in [1.165, 1.54) is 24.8 Å². The first-order valence-corrected chi connectivity index (χ1v) is 11.7. The van der Waals surface area contributed by atoms with E-state index in [2.05, 4.69) is 47.1 Å². The number of carbonyl (C=O) groups is 1. The maximum atomic E-state index is 12.8. The molecule has 1 aliphatic carbocycles. The van der Waals surface area contributed by atoms with E-state index in [4.69, 9.17) is 4.74 Å². The van der Waals surface area contributed by atoms with Crippen LogP contribution in [0.4, 0.5) is 0 Å². The van der Waals surface area contributed by atoms with Crippen molar-refractivity contribution in [2.75, 3.05) is 19.7 Å². The van der Waals surface area contributed by atoms with Crippen molar-refractivity contribution in [3.05, 3.63) is 47.3 Å². The van der Waals surface area contributed by atoms with E-state index in [-0.39, 0.29) is 5.92 Å². The molecule has 1 amide bonds. The van der Waals surface area contributed by atoms with Crippen LogP contribution in [-0.2, 0) is 11.2 Å². The van der Waals surface area contributed by atoms with Crippen molar-refractivity contribution in [1.29, 1.82) is 0 Å². The topological polar surface area (TPSA) is 58.2 Å². The van der Waals surface area contributed by atoms with Crippen LogP contribution in [-0.4, -0.2) is 40.7 Å². The van der Waals surface area contributed by atoms with Crippen LogP contribution >= 0.6 is 0 Å². The molecule has 30 heavy (non-hydrogen) atoms. The lowest BCUT2D eigenvalue weighted by Gasteiger charge is -2.26. The fourth-order valence-corrected chi connectivity index (χ4v) is 4.75. The van der Waals surface area contributed by atoms with E-state index in [1.54, 1.807) is 0 Å². The number of amides is 1. The minimum atomic E-state index is 0.263. The zero-order valence-electron chi connectivity index (χ0n) is 18.4. The smallest absolute Gasteiger partial charge is 0.225 e. The number of nitrogens with one attached hydrogen (secondary N) is 1. The number of H-pyrrole nitrogens is 1. The number of nitrogens with zero attached hydrogens (tertiary/aromatic N) is 2. The number of carbonyl (C=O) groups excluding carboxylic acids is 1. The summed E-state index contributed by atoms with van der Waals surface area (Å²) in [4.78, 5) is 14.9. The van der Waals surface area contributed by atoms with Crippen molar-refractivity contribution in [3.8, 4) is 5.75 Å². The van der Waals surface area contributed by atoms with Gasteiger partial charge in [-0.2, -0.15) is 5.10 Å². The lowest BCUT2D eigenvalue weighted by Crippen LogP contribution is -2.35. The molecule has 2 fully saturated rings. The van der Waals surface area contributed by atoms with Gasteiger partial charge < -0.3 is 9.64 Å². The first-order valence-electron chi connectivity index (χ1n) is 11.7. The monoisotopic (exact) mass is 409 g/mol. The predicted molar refractivity (Wildman–Crippen MR) is 119 cm³/mol. The Kier molecular flexibility index (Phi) is 6.76. The Hall–Kier alpha value is -2.30. The van der Waals surface area contributed by atoms with Crippen LogP contribution in [0.25, 0.3) is 0 Å². The molecule has 1 saturated carbocycles. The van der Waals surface area contributed by atoms with Crippen LogP contribution < -0.4 is 4.74 Å². The van der Waals surface area contributed by atoms with Gasteiger partial charge in [0.25, 0.3) is 0 Å². The van der Waals surface area contributed by atoms with Gasteiger partial charge in [-0.1, -0.05) is 45.2 Å². The third kappa shape index (κ3) is 5.05. The first kappa shape index (κ1) is 21.0. The van der Waals surface area contributed by atoms with E-state index < -0.39 is 0 Å². The summed E-state index contributed by atoms with van der Waals surface area (Å²) in [6.07, 6.45) is 7.67. The highest BCUT2D eigenvalue weighted by molar-refractivity contribution is 5.79. The molecule has 2 aromatic rings. The van der Waals surface area contributed by atoms with Gasteiger partial charge in [-0.3, -0.25) is 9.89 Å². The van der Waals surface area contributed by atoms with Crippen molar-refractivity contribution in [3.63, 3.8) is 0 Å². The fourth-order valence-electron chi connectivity index (χ4n) is 4.75. The second kappa shape index (κ2) is 9.67. The Balaban J connectivity index is 1.24. The SMILES string of the molecule is CC(C)c1ccc(OCCc2cc(C3CCN(C(=O)C4CCCCC4)C3)n[nH]2)cc1. The number of hydrogen-bond acceptors (Lipinski definition) is 3. The molecule has 162 valence electrons. The van der Waals surface area contributed by atoms with Gasteiger partial charge in [-0.05, 0) is 48.9 Å². The minimum absolute atomic E-state index is 0.263. The Morgan fingerprint density at radius 1 is 1.17 bits per heavy atom. The molecule has 1 unspecified atom stereocenters. The van der Waals surface area contributed by atoms with Crippen molar-refractivity contribution in [1.82, 2.24) is 15.1 Å². The highest BCUT2D eigenvalue weighted by Gasteiger charge is 2.32. The summed E-state index contributed by atoms with van der Waals surface area (Å²) in [6.45, 7) is 6.71. The lowest BCUT2D eigenvalue weighted by molar-refractivity contribution is -0.135. The zero-order valence-corrected chi connectivity index (χ0v) is 18.4. The van der Waals surface area contributed by atoms with Crippen molar-refractivity contribution in [2.24, 2.45) is 5.92 Å². The van der Waals surface area contributed by atoms with Crippen LogP contribution in [0.15, 0.2) is 30.3 Å². The molecular formula is C25H35N3O2. The summed E-state index contributed by atoms with van der Waals surface area (Å²) < 4.78 is 5.89. The van der Waals surface area contributed by atoms with Gasteiger partial charge in [0.1, 0.15) is 5.75 Å². The number of ether oxygens (including phenoxy) is 1. The Labute approximate surface area is 180 Å². The number of benzene rings is 1. The summed E-state index contributed by atoms with van der Waals surface area (Å²) in [7, 11) is 0. The molecule has 0 radical (unpaired) electrons. The molecule has 2 aliphatic rings. The van der Waals surface area contributed by atoms with E-state index in [9.17, 15) is 4.79 Å². The molecule has 4 rings (SSSR count). The molecule has 0 bridgehead atoms. The van der Waals surface area contributed by atoms with Crippen LogP contribution in [0.1, 0.15) is 81.2 Å². The summed E-state index contributed by atoms with van der Waals surface area (Å²) in [5.41, 5.74) is 3.51. The molecule has 1 atom stereocenters. The van der Waals surface area contributed by atoms with Crippen LogP contribution in [0.3, 0.4) is 0 Å². The third-order valence-corrected chi connectivity index (χ3v) is 6.71. The summed E-state index contributed by atoms with van der Waals surface area (Å²) in [5, 5.41) is 7.71. The van der Waals surface area contributed by atoms with E-state index in [0.29, 0.717) is 24.3 Å². The Morgan fingerprint density at radius 3 is 2.67 bits per heavy atom. The molecular weight excluding hydrogens is 374 g/mol. The van der Waals surface area contributed by atoms with Crippen LogP contribution in [0.5, 0.6) is 5.75 Å². The number of aromatic amines is 1. The average molecular weight is 410 g/mol. The van der Waals surface area contributed by atoms with Gasteiger partial charge >= 0.3 is 0 Å². The standard InChI is InChI=1S/C25H35N3O2/c1-18(2)19-8-10-23(11-9-19)30-15-13-22-16-24(27-26-22)21-12-14-28(17-21)25(29)20-6-4-3-5-7-20/h8-11,16,18,20-21H,3-7,12-15,17H2,1-2H3,(H,26,27). The predicted octanol–water partition coefficient (Wildman–Crippen LogP) is 5.05. The molecule has 2 heterocycles. The van der Waals surface area contributed by atoms with Gasteiger partial charge in [-0.15, -0.1) is 0 Å². The molecule has 1 aromatic carbocycles. The lowest BCUT2D eigenvalue weighted by atomic mass is 9.88.